The van der Waals surface area contributed by atoms with Gasteiger partial charge in [-0.25, -0.2) is 0 Å². The topological polar surface area (TPSA) is 47.7 Å². The minimum Gasteiger partial charge on any atom is -0.309 e. The number of rotatable bonds is 3. The molecule has 0 unspecified atom stereocenters. The monoisotopic (exact) mass is 124 g/mol. The van der Waals surface area contributed by atoms with Crippen molar-refractivity contribution in [3.8, 4) is 0 Å². The van der Waals surface area contributed by atoms with Crippen LogP contribution in [-0.4, -0.2) is 11.9 Å². The summed E-state index contributed by atoms with van der Waals surface area (Å²) in [5.74, 6) is 0. The summed E-state index contributed by atoms with van der Waals surface area (Å²) in [7, 11) is 0. The van der Waals surface area contributed by atoms with E-state index < -0.39 is 0 Å². The largest absolute Gasteiger partial charge is 0.309 e. The van der Waals surface area contributed by atoms with Gasteiger partial charge in [0.1, 0.15) is 0 Å². The zero-order valence-corrected chi connectivity index (χ0v) is 5.86. The molecule has 0 aromatic rings. The maximum atomic E-state index is 7.18. The first-order valence-electron chi connectivity index (χ1n) is 2.97. The molecule has 0 rings (SSSR count). The van der Waals surface area contributed by atoms with Gasteiger partial charge >= 0.3 is 0 Å². The van der Waals surface area contributed by atoms with Gasteiger partial charge in [0.2, 0.25) is 0 Å². The van der Waals surface area contributed by atoms with E-state index in [1.807, 2.05) is 6.92 Å². The van der Waals surface area contributed by atoms with Crippen LogP contribution in [0.4, 0.5) is 0 Å². The van der Waals surface area contributed by atoms with Crippen molar-refractivity contribution in [2.75, 3.05) is 0 Å². The van der Waals surface area contributed by atoms with Crippen LogP contribution in [0.3, 0.4) is 0 Å². The van der Waals surface area contributed by atoms with Gasteiger partial charge in [0.05, 0.1) is 0 Å². The van der Waals surface area contributed by atoms with Crippen LogP contribution in [-0.2, 0) is 0 Å². The minimum absolute atomic E-state index is 0.556. The van der Waals surface area contributed by atoms with Crippen molar-refractivity contribution in [2.24, 2.45) is 0 Å². The average Bonchev–Trinajstić information content (AvgIpc) is 1.82. The van der Waals surface area contributed by atoms with E-state index >= 15 is 0 Å². The fourth-order valence-electron chi connectivity index (χ4n) is 0.609. The van der Waals surface area contributed by atoms with Crippen LogP contribution >= 0.6 is 0 Å². The van der Waals surface area contributed by atoms with E-state index in [4.69, 9.17) is 10.8 Å². The number of allylic oxidation sites excluding steroid dienone is 2. The summed E-state index contributed by atoms with van der Waals surface area (Å²) in [6, 6.07) is 0. The van der Waals surface area contributed by atoms with Gasteiger partial charge in [-0.15, -0.1) is 0 Å². The van der Waals surface area contributed by atoms with Crippen LogP contribution in [0.2, 0.25) is 0 Å². The molecule has 0 saturated carbocycles. The molecule has 0 saturated heterocycles. The third-order valence-electron chi connectivity index (χ3n) is 1.15. The summed E-state index contributed by atoms with van der Waals surface area (Å²) < 4.78 is 0. The molecule has 0 aliphatic heterocycles. The van der Waals surface area contributed by atoms with Crippen molar-refractivity contribution in [1.82, 2.24) is 0 Å². The zero-order valence-electron chi connectivity index (χ0n) is 5.86. The van der Waals surface area contributed by atoms with Crippen LogP contribution in [0.5, 0.6) is 0 Å². The molecule has 0 spiro atoms. The Labute approximate surface area is 55.6 Å². The van der Waals surface area contributed by atoms with Crippen LogP contribution in [0.1, 0.15) is 20.3 Å². The molecule has 0 fully saturated rings. The van der Waals surface area contributed by atoms with E-state index in [2.05, 4.69) is 0 Å². The van der Waals surface area contributed by atoms with E-state index in [9.17, 15) is 0 Å². The maximum Gasteiger partial charge on any atom is 0.0315 e. The first kappa shape index (κ1) is 8.08. The second kappa shape index (κ2) is 4.01. The standard InChI is InChI=1S/C7H12N2/c1-3-7(4-5-8)6(2)9/h4-5,8-9H,3H2,1-2H3/b7-4-,8-5?,9-6?. The molecular weight excluding hydrogens is 112 g/mol. The lowest BCUT2D eigenvalue weighted by Crippen LogP contribution is -1.93. The van der Waals surface area contributed by atoms with Gasteiger partial charge in [-0.05, 0) is 25.0 Å². The predicted molar refractivity (Wildman–Crippen MR) is 40.6 cm³/mol. The van der Waals surface area contributed by atoms with Crippen LogP contribution in [0.15, 0.2) is 11.6 Å². The van der Waals surface area contributed by atoms with E-state index in [1.165, 1.54) is 6.21 Å². The Balaban J connectivity index is 4.14. The zero-order chi connectivity index (χ0) is 7.28. The minimum atomic E-state index is 0.556. The second-order valence-electron chi connectivity index (χ2n) is 1.84. The lowest BCUT2D eigenvalue weighted by Gasteiger charge is -1.96. The molecule has 0 heterocycles. The lowest BCUT2D eigenvalue weighted by atomic mass is 10.1. The van der Waals surface area contributed by atoms with Crippen LogP contribution in [0, 0.1) is 10.8 Å². The van der Waals surface area contributed by atoms with Gasteiger partial charge in [0, 0.05) is 11.9 Å². The Morgan fingerprint density at radius 2 is 2.11 bits per heavy atom. The number of hydrogen-bond donors (Lipinski definition) is 2. The third-order valence-corrected chi connectivity index (χ3v) is 1.15. The molecule has 0 atom stereocenters. The second-order valence-corrected chi connectivity index (χ2v) is 1.84. The summed E-state index contributed by atoms with van der Waals surface area (Å²) in [6.45, 7) is 3.71. The molecular formula is C7H12N2. The fourth-order valence-corrected chi connectivity index (χ4v) is 0.609. The molecule has 2 N–H and O–H groups in total. The molecule has 0 radical (unpaired) electrons. The molecule has 0 aromatic heterocycles. The predicted octanol–water partition coefficient (Wildman–Crippen LogP) is 2.01. The van der Waals surface area contributed by atoms with Gasteiger partial charge in [0.25, 0.3) is 0 Å². The third kappa shape index (κ3) is 2.80. The van der Waals surface area contributed by atoms with Gasteiger partial charge in [-0.2, -0.15) is 0 Å². The van der Waals surface area contributed by atoms with E-state index in [-0.39, 0.29) is 0 Å². The van der Waals surface area contributed by atoms with Crippen molar-refractivity contribution in [1.29, 1.82) is 10.8 Å². The molecule has 50 valence electrons. The molecule has 0 aliphatic carbocycles. The van der Waals surface area contributed by atoms with Crippen molar-refractivity contribution in [3.05, 3.63) is 11.6 Å². The summed E-state index contributed by atoms with van der Waals surface area (Å²) >= 11 is 0. The maximum absolute atomic E-state index is 7.18. The molecule has 0 bridgehead atoms. The van der Waals surface area contributed by atoms with Gasteiger partial charge in [-0.1, -0.05) is 6.92 Å². The number of nitrogens with one attached hydrogen (secondary N) is 2. The highest BCUT2D eigenvalue weighted by atomic mass is 14.4. The van der Waals surface area contributed by atoms with Gasteiger partial charge < -0.3 is 10.8 Å². The normalized spacial score (nSPS) is 11.1. The summed E-state index contributed by atoms with van der Waals surface area (Å²) in [6.07, 6.45) is 3.71. The van der Waals surface area contributed by atoms with Crippen LogP contribution in [0.25, 0.3) is 0 Å². The highest BCUT2D eigenvalue weighted by Crippen LogP contribution is 1.99. The van der Waals surface area contributed by atoms with Gasteiger partial charge in [-0.3, -0.25) is 0 Å². The lowest BCUT2D eigenvalue weighted by molar-refractivity contribution is 1.16. The quantitative estimate of drug-likeness (QED) is 0.541. The Bertz CT molecular complexity index is 145. The highest BCUT2D eigenvalue weighted by molar-refractivity contribution is 5.98. The highest BCUT2D eigenvalue weighted by Gasteiger charge is 1.92. The van der Waals surface area contributed by atoms with Crippen molar-refractivity contribution in [2.45, 2.75) is 20.3 Å². The van der Waals surface area contributed by atoms with Crippen molar-refractivity contribution in [3.63, 3.8) is 0 Å². The first-order chi connectivity index (χ1) is 4.22. The summed E-state index contributed by atoms with van der Waals surface area (Å²) in [5, 5.41) is 13.9. The van der Waals surface area contributed by atoms with Gasteiger partial charge in [0.15, 0.2) is 0 Å². The smallest absolute Gasteiger partial charge is 0.0315 e. The summed E-state index contributed by atoms with van der Waals surface area (Å²) in [4.78, 5) is 0. The first-order valence-corrected chi connectivity index (χ1v) is 2.97. The number of hydrogen-bond acceptors (Lipinski definition) is 2. The molecule has 0 aromatic carbocycles. The molecule has 2 nitrogen and oxygen atoms in total. The van der Waals surface area contributed by atoms with E-state index in [0.29, 0.717) is 5.71 Å². The Kier molecular flexibility index (Phi) is 3.60. The SMILES string of the molecule is CC/C(=C/C=N)C(C)=N. The fraction of sp³-hybridized carbons (Fsp3) is 0.429. The Morgan fingerprint density at radius 1 is 1.56 bits per heavy atom. The Morgan fingerprint density at radius 3 is 2.22 bits per heavy atom. The molecule has 9 heavy (non-hydrogen) atoms. The molecule has 0 amide bonds. The van der Waals surface area contributed by atoms with E-state index in [1.54, 1.807) is 13.0 Å². The Hall–Kier alpha value is -0.920. The average molecular weight is 124 g/mol. The van der Waals surface area contributed by atoms with Crippen LogP contribution < -0.4 is 0 Å². The van der Waals surface area contributed by atoms with Crippen molar-refractivity contribution < 1.29 is 0 Å². The molecule has 0 aliphatic rings. The van der Waals surface area contributed by atoms with E-state index in [0.717, 1.165) is 12.0 Å². The molecule has 2 heteroatoms. The summed E-state index contributed by atoms with van der Waals surface area (Å²) in [5.41, 5.74) is 1.49. The van der Waals surface area contributed by atoms with Crippen molar-refractivity contribution >= 4 is 11.9 Å².